The van der Waals surface area contributed by atoms with Crippen molar-refractivity contribution in [2.24, 2.45) is 0 Å². The molecule has 0 saturated carbocycles. The smallest absolute Gasteiger partial charge is 0.254 e. The van der Waals surface area contributed by atoms with E-state index in [9.17, 15) is 9.59 Å². The van der Waals surface area contributed by atoms with Crippen molar-refractivity contribution in [3.63, 3.8) is 0 Å². The third-order valence-corrected chi connectivity index (χ3v) is 3.91. The van der Waals surface area contributed by atoms with Gasteiger partial charge in [0, 0.05) is 12.1 Å². The normalized spacial score (nSPS) is 14.6. The molecule has 1 aliphatic heterocycles. The van der Waals surface area contributed by atoms with Crippen LogP contribution in [0.1, 0.15) is 34.5 Å². The van der Waals surface area contributed by atoms with Crippen molar-refractivity contribution in [1.82, 2.24) is 10.2 Å². The molecule has 0 spiro atoms. The van der Waals surface area contributed by atoms with Gasteiger partial charge in [-0.1, -0.05) is 48.5 Å². The molecule has 1 aliphatic rings. The van der Waals surface area contributed by atoms with E-state index in [4.69, 9.17) is 0 Å². The molecule has 4 heteroatoms. The minimum Gasteiger partial charge on any atom is -0.348 e. The van der Waals surface area contributed by atoms with Crippen LogP contribution in [0, 0.1) is 0 Å². The number of hydrogen-bond acceptors (Lipinski definition) is 2. The van der Waals surface area contributed by atoms with Gasteiger partial charge in [-0.3, -0.25) is 9.59 Å². The first kappa shape index (κ1) is 14.3. The number of fused-ring (bicyclic) bond motifs is 1. The Bertz CT molecular complexity index is 697. The van der Waals surface area contributed by atoms with Crippen LogP contribution in [-0.4, -0.2) is 23.3 Å². The van der Waals surface area contributed by atoms with Crippen molar-refractivity contribution < 1.29 is 9.59 Å². The van der Waals surface area contributed by atoms with Crippen molar-refractivity contribution in [3.8, 4) is 0 Å². The summed E-state index contributed by atoms with van der Waals surface area (Å²) in [4.78, 5) is 26.0. The molecule has 0 radical (unpaired) electrons. The van der Waals surface area contributed by atoms with Gasteiger partial charge in [0.05, 0.1) is 6.04 Å². The molecule has 0 aliphatic carbocycles. The molecule has 2 aromatic rings. The fraction of sp³-hybridized carbons (Fsp3) is 0.222. The molecule has 1 N–H and O–H groups in total. The third-order valence-electron chi connectivity index (χ3n) is 3.91. The highest BCUT2D eigenvalue weighted by molar-refractivity contribution is 6.00. The molecular weight excluding hydrogens is 276 g/mol. The highest BCUT2D eigenvalue weighted by Crippen LogP contribution is 2.22. The summed E-state index contributed by atoms with van der Waals surface area (Å²) in [5.41, 5.74) is 2.73. The molecular formula is C18H18N2O2. The van der Waals surface area contributed by atoms with Crippen LogP contribution in [-0.2, 0) is 11.3 Å². The van der Waals surface area contributed by atoms with Crippen molar-refractivity contribution in [3.05, 3.63) is 71.3 Å². The van der Waals surface area contributed by atoms with Gasteiger partial charge in [0.2, 0.25) is 5.91 Å². The van der Waals surface area contributed by atoms with E-state index in [2.05, 4.69) is 5.32 Å². The lowest BCUT2D eigenvalue weighted by Gasteiger charge is -2.18. The van der Waals surface area contributed by atoms with Gasteiger partial charge in [0.15, 0.2) is 0 Å². The van der Waals surface area contributed by atoms with Gasteiger partial charge >= 0.3 is 0 Å². The second kappa shape index (κ2) is 6.02. The van der Waals surface area contributed by atoms with Crippen molar-refractivity contribution in [1.29, 1.82) is 0 Å². The molecule has 0 bridgehead atoms. The largest absolute Gasteiger partial charge is 0.348 e. The van der Waals surface area contributed by atoms with E-state index in [1.165, 1.54) is 0 Å². The van der Waals surface area contributed by atoms with Crippen LogP contribution in [0.4, 0.5) is 0 Å². The SMILES string of the molecule is CC(NC(=O)CN1Cc2ccccc2C1=O)c1ccccc1. The summed E-state index contributed by atoms with van der Waals surface area (Å²) >= 11 is 0. The Morgan fingerprint density at radius 1 is 1.14 bits per heavy atom. The predicted octanol–water partition coefficient (Wildman–Crippen LogP) is 2.52. The van der Waals surface area contributed by atoms with Crippen LogP contribution in [0.2, 0.25) is 0 Å². The summed E-state index contributed by atoms with van der Waals surface area (Å²) in [6.45, 7) is 2.53. The molecule has 1 atom stereocenters. The number of nitrogens with zero attached hydrogens (tertiary/aromatic N) is 1. The van der Waals surface area contributed by atoms with Crippen LogP contribution in [0.5, 0.6) is 0 Å². The first-order valence-electron chi connectivity index (χ1n) is 7.36. The molecule has 2 amide bonds. The Kier molecular flexibility index (Phi) is 3.92. The van der Waals surface area contributed by atoms with Crippen LogP contribution in [0.3, 0.4) is 0 Å². The number of benzene rings is 2. The van der Waals surface area contributed by atoms with Gasteiger partial charge in [-0.25, -0.2) is 0 Å². The maximum Gasteiger partial charge on any atom is 0.254 e. The summed E-state index contributed by atoms with van der Waals surface area (Å²) in [7, 11) is 0. The van der Waals surface area contributed by atoms with Gasteiger partial charge in [0.25, 0.3) is 5.91 Å². The average molecular weight is 294 g/mol. The summed E-state index contributed by atoms with van der Waals surface area (Å²) in [6, 6.07) is 17.2. The third kappa shape index (κ3) is 2.86. The number of hydrogen-bond donors (Lipinski definition) is 1. The Balaban J connectivity index is 1.61. The average Bonchev–Trinajstić information content (AvgIpc) is 2.84. The van der Waals surface area contributed by atoms with Crippen molar-refractivity contribution in [2.45, 2.75) is 19.5 Å². The molecule has 3 rings (SSSR count). The van der Waals surface area contributed by atoms with Crippen LogP contribution in [0.15, 0.2) is 54.6 Å². The van der Waals surface area contributed by atoms with E-state index < -0.39 is 0 Å². The van der Waals surface area contributed by atoms with Crippen LogP contribution < -0.4 is 5.32 Å². The molecule has 22 heavy (non-hydrogen) atoms. The highest BCUT2D eigenvalue weighted by atomic mass is 16.2. The van der Waals surface area contributed by atoms with Crippen LogP contribution in [0.25, 0.3) is 0 Å². The topological polar surface area (TPSA) is 49.4 Å². The first-order chi connectivity index (χ1) is 10.6. The number of carbonyl (C=O) groups excluding carboxylic acids is 2. The zero-order chi connectivity index (χ0) is 15.5. The lowest BCUT2D eigenvalue weighted by Crippen LogP contribution is -2.38. The standard InChI is InChI=1S/C18H18N2O2/c1-13(14-7-3-2-4-8-14)19-17(21)12-20-11-15-9-5-6-10-16(15)18(20)22/h2-10,13H,11-12H2,1H3,(H,19,21). The van der Waals surface area contributed by atoms with E-state index in [0.29, 0.717) is 12.1 Å². The van der Waals surface area contributed by atoms with E-state index in [1.54, 1.807) is 4.90 Å². The minimum atomic E-state index is -0.141. The first-order valence-corrected chi connectivity index (χ1v) is 7.36. The molecule has 112 valence electrons. The fourth-order valence-electron chi connectivity index (χ4n) is 2.73. The number of rotatable bonds is 4. The summed E-state index contributed by atoms with van der Waals surface area (Å²) in [6.07, 6.45) is 0. The number of carbonyl (C=O) groups is 2. The van der Waals surface area contributed by atoms with Crippen LogP contribution >= 0.6 is 0 Å². The molecule has 0 saturated heterocycles. The molecule has 0 fully saturated rings. The lowest BCUT2D eigenvalue weighted by molar-refractivity contribution is -0.122. The van der Waals surface area contributed by atoms with E-state index >= 15 is 0 Å². The maximum atomic E-state index is 12.2. The van der Waals surface area contributed by atoms with Crippen molar-refractivity contribution >= 4 is 11.8 Å². The Morgan fingerprint density at radius 2 is 1.82 bits per heavy atom. The summed E-state index contributed by atoms with van der Waals surface area (Å²) < 4.78 is 0. The molecule has 4 nitrogen and oxygen atoms in total. The Labute approximate surface area is 129 Å². The van der Waals surface area contributed by atoms with Gasteiger partial charge < -0.3 is 10.2 Å². The second-order valence-electron chi connectivity index (χ2n) is 5.52. The lowest BCUT2D eigenvalue weighted by atomic mass is 10.1. The summed E-state index contributed by atoms with van der Waals surface area (Å²) in [5, 5.41) is 2.94. The zero-order valence-electron chi connectivity index (χ0n) is 12.5. The molecule has 1 unspecified atom stereocenters. The van der Waals surface area contributed by atoms with Gasteiger partial charge in [-0.15, -0.1) is 0 Å². The second-order valence-corrected chi connectivity index (χ2v) is 5.52. The zero-order valence-corrected chi connectivity index (χ0v) is 12.5. The molecule has 1 heterocycles. The minimum absolute atomic E-state index is 0.0712. The highest BCUT2D eigenvalue weighted by Gasteiger charge is 2.28. The van der Waals surface area contributed by atoms with Gasteiger partial charge in [-0.2, -0.15) is 0 Å². The monoisotopic (exact) mass is 294 g/mol. The number of nitrogens with one attached hydrogen (secondary N) is 1. The Morgan fingerprint density at radius 3 is 2.55 bits per heavy atom. The van der Waals surface area contributed by atoms with E-state index in [-0.39, 0.29) is 24.4 Å². The number of amides is 2. The van der Waals surface area contributed by atoms with Gasteiger partial charge in [-0.05, 0) is 24.1 Å². The fourth-order valence-corrected chi connectivity index (χ4v) is 2.73. The summed E-state index contributed by atoms with van der Waals surface area (Å²) in [5.74, 6) is -0.212. The maximum absolute atomic E-state index is 12.2. The van der Waals surface area contributed by atoms with E-state index in [1.807, 2.05) is 61.5 Å². The van der Waals surface area contributed by atoms with Crippen molar-refractivity contribution in [2.75, 3.05) is 6.54 Å². The van der Waals surface area contributed by atoms with E-state index in [0.717, 1.165) is 11.1 Å². The Hall–Kier alpha value is -2.62. The quantitative estimate of drug-likeness (QED) is 0.942. The van der Waals surface area contributed by atoms with Gasteiger partial charge in [0.1, 0.15) is 6.54 Å². The molecule has 2 aromatic carbocycles. The molecule has 0 aromatic heterocycles. The predicted molar refractivity (Wildman–Crippen MR) is 84.2 cm³/mol.